The number of hydrogen-bond acceptors (Lipinski definition) is 8. The second-order valence-electron chi connectivity index (χ2n) is 7.90. The predicted octanol–water partition coefficient (Wildman–Crippen LogP) is 5.65. The SMILES string of the molecule is COc1ccc(S(=O)(=O)Oc2ccc(/C=C3\SC(=O)N(CCOc4cccc(C)c4)C3=O)cc2Br)cc1. The van der Waals surface area contributed by atoms with Gasteiger partial charge >= 0.3 is 10.1 Å². The number of halogens is 1. The Morgan fingerprint density at radius 3 is 2.43 bits per heavy atom. The lowest BCUT2D eigenvalue weighted by Crippen LogP contribution is -2.32. The molecular formula is C26H22BrNO7S2. The number of carbonyl (C=O) groups is 2. The van der Waals surface area contributed by atoms with Crippen molar-refractivity contribution in [3.8, 4) is 17.2 Å². The molecule has 37 heavy (non-hydrogen) atoms. The van der Waals surface area contributed by atoms with E-state index in [1.165, 1.54) is 37.4 Å². The largest absolute Gasteiger partial charge is 0.497 e. The summed E-state index contributed by atoms with van der Waals surface area (Å²) in [6, 6.07) is 18.0. The van der Waals surface area contributed by atoms with Gasteiger partial charge in [-0.3, -0.25) is 14.5 Å². The molecule has 0 atom stereocenters. The van der Waals surface area contributed by atoms with Gasteiger partial charge in [0.15, 0.2) is 5.75 Å². The Morgan fingerprint density at radius 2 is 1.76 bits per heavy atom. The summed E-state index contributed by atoms with van der Waals surface area (Å²) in [5.41, 5.74) is 1.63. The number of nitrogens with zero attached hydrogens (tertiary/aromatic N) is 1. The van der Waals surface area contributed by atoms with Crippen molar-refractivity contribution in [3.05, 3.63) is 87.2 Å². The van der Waals surface area contributed by atoms with Crippen LogP contribution in [0.5, 0.6) is 17.2 Å². The van der Waals surface area contributed by atoms with Crippen LogP contribution in [-0.2, 0) is 14.9 Å². The highest BCUT2D eigenvalue weighted by Crippen LogP contribution is 2.34. The maximum absolute atomic E-state index is 12.8. The molecule has 0 aromatic heterocycles. The number of benzene rings is 3. The van der Waals surface area contributed by atoms with Gasteiger partial charge in [0, 0.05) is 0 Å². The van der Waals surface area contributed by atoms with Crippen LogP contribution in [0.4, 0.5) is 4.79 Å². The Labute approximate surface area is 227 Å². The van der Waals surface area contributed by atoms with E-state index in [-0.39, 0.29) is 33.9 Å². The smallest absolute Gasteiger partial charge is 0.339 e. The zero-order valence-electron chi connectivity index (χ0n) is 19.8. The topological polar surface area (TPSA) is 99.2 Å². The first-order valence-corrected chi connectivity index (χ1v) is 14.0. The second-order valence-corrected chi connectivity index (χ2v) is 11.3. The number of ether oxygens (including phenoxy) is 2. The molecule has 0 unspecified atom stereocenters. The van der Waals surface area contributed by atoms with Crippen LogP contribution in [0.15, 0.2) is 81.0 Å². The molecule has 1 heterocycles. The van der Waals surface area contributed by atoms with Crippen molar-refractivity contribution in [2.24, 2.45) is 0 Å². The van der Waals surface area contributed by atoms with Crippen LogP contribution in [0, 0.1) is 6.92 Å². The van der Waals surface area contributed by atoms with E-state index in [9.17, 15) is 18.0 Å². The summed E-state index contributed by atoms with van der Waals surface area (Å²) >= 11 is 4.16. The van der Waals surface area contributed by atoms with E-state index in [1.807, 2.05) is 31.2 Å². The van der Waals surface area contributed by atoms with Crippen molar-refractivity contribution in [1.29, 1.82) is 0 Å². The first-order chi connectivity index (χ1) is 17.7. The molecule has 11 heteroatoms. The second kappa shape index (κ2) is 11.4. The Morgan fingerprint density at radius 1 is 1.00 bits per heavy atom. The lowest BCUT2D eigenvalue weighted by molar-refractivity contribution is -0.123. The van der Waals surface area contributed by atoms with Gasteiger partial charge in [0.25, 0.3) is 11.1 Å². The Balaban J connectivity index is 1.42. The molecular weight excluding hydrogens is 582 g/mol. The molecule has 2 amide bonds. The Bertz CT molecular complexity index is 1470. The highest BCUT2D eigenvalue weighted by atomic mass is 79.9. The minimum Gasteiger partial charge on any atom is -0.497 e. The van der Waals surface area contributed by atoms with Gasteiger partial charge in [-0.15, -0.1) is 0 Å². The Hall–Kier alpha value is -3.28. The third-order valence-electron chi connectivity index (χ3n) is 5.25. The number of thioether (sulfide) groups is 1. The molecule has 3 aromatic carbocycles. The van der Waals surface area contributed by atoms with Crippen molar-refractivity contribution in [2.45, 2.75) is 11.8 Å². The fourth-order valence-corrected chi connectivity index (χ4v) is 5.78. The van der Waals surface area contributed by atoms with E-state index in [2.05, 4.69) is 15.9 Å². The number of methoxy groups -OCH3 is 1. The van der Waals surface area contributed by atoms with Gasteiger partial charge in [-0.05, 0) is 100 Å². The van der Waals surface area contributed by atoms with Gasteiger partial charge in [0.1, 0.15) is 23.0 Å². The monoisotopic (exact) mass is 603 g/mol. The molecule has 8 nitrogen and oxygen atoms in total. The van der Waals surface area contributed by atoms with E-state index in [0.717, 1.165) is 22.2 Å². The number of amides is 2. The maximum Gasteiger partial charge on any atom is 0.339 e. The molecule has 0 N–H and O–H groups in total. The minimum absolute atomic E-state index is 0.0238. The average molecular weight is 605 g/mol. The highest BCUT2D eigenvalue weighted by molar-refractivity contribution is 9.10. The van der Waals surface area contributed by atoms with Crippen molar-refractivity contribution in [1.82, 2.24) is 4.90 Å². The van der Waals surface area contributed by atoms with Crippen LogP contribution in [-0.4, -0.2) is 44.7 Å². The normalized spacial score (nSPS) is 14.8. The lowest BCUT2D eigenvalue weighted by atomic mass is 10.2. The summed E-state index contributed by atoms with van der Waals surface area (Å²) in [6.07, 6.45) is 1.57. The molecule has 192 valence electrons. The third-order valence-corrected chi connectivity index (χ3v) is 8.02. The van der Waals surface area contributed by atoms with Crippen molar-refractivity contribution >= 4 is 55.0 Å². The van der Waals surface area contributed by atoms with Gasteiger partial charge in [-0.2, -0.15) is 8.42 Å². The van der Waals surface area contributed by atoms with E-state index >= 15 is 0 Å². The molecule has 1 fully saturated rings. The maximum atomic E-state index is 12.8. The van der Waals surface area contributed by atoms with Crippen molar-refractivity contribution in [2.75, 3.05) is 20.3 Å². The van der Waals surface area contributed by atoms with Crippen LogP contribution < -0.4 is 13.7 Å². The summed E-state index contributed by atoms with van der Waals surface area (Å²) in [5, 5.41) is -0.381. The number of hydrogen-bond donors (Lipinski definition) is 0. The van der Waals surface area contributed by atoms with E-state index < -0.39 is 16.0 Å². The fourth-order valence-electron chi connectivity index (χ4n) is 3.39. The molecule has 0 radical (unpaired) electrons. The lowest BCUT2D eigenvalue weighted by Gasteiger charge is -2.13. The van der Waals surface area contributed by atoms with Gasteiger partial charge < -0.3 is 13.7 Å². The third kappa shape index (κ3) is 6.54. The van der Waals surface area contributed by atoms with Crippen LogP contribution in [0.2, 0.25) is 0 Å². The number of aryl methyl sites for hydroxylation is 1. The zero-order valence-corrected chi connectivity index (χ0v) is 23.1. The number of rotatable bonds is 9. The van der Waals surface area contributed by atoms with Gasteiger partial charge in [0.05, 0.1) is 23.0 Å². The van der Waals surface area contributed by atoms with Gasteiger partial charge in [0.2, 0.25) is 0 Å². The van der Waals surface area contributed by atoms with Crippen LogP contribution in [0.25, 0.3) is 6.08 Å². The number of imide groups is 1. The van der Waals surface area contributed by atoms with Crippen LogP contribution >= 0.6 is 27.7 Å². The average Bonchev–Trinajstić information content (AvgIpc) is 3.13. The molecule has 1 saturated heterocycles. The summed E-state index contributed by atoms with van der Waals surface area (Å²) in [5.74, 6) is 0.854. The molecule has 0 spiro atoms. The van der Waals surface area contributed by atoms with Crippen LogP contribution in [0.3, 0.4) is 0 Å². The molecule has 1 aliphatic rings. The van der Waals surface area contributed by atoms with E-state index in [4.69, 9.17) is 13.7 Å². The van der Waals surface area contributed by atoms with Crippen LogP contribution in [0.1, 0.15) is 11.1 Å². The minimum atomic E-state index is -4.07. The zero-order chi connectivity index (χ0) is 26.6. The number of carbonyl (C=O) groups excluding carboxylic acids is 2. The predicted molar refractivity (Wildman–Crippen MR) is 144 cm³/mol. The van der Waals surface area contributed by atoms with Gasteiger partial charge in [-0.1, -0.05) is 18.2 Å². The molecule has 4 rings (SSSR count). The quantitative estimate of drug-likeness (QED) is 0.228. The van der Waals surface area contributed by atoms with Gasteiger partial charge in [-0.25, -0.2) is 0 Å². The Kier molecular flexibility index (Phi) is 8.25. The fraction of sp³-hybridized carbons (Fsp3) is 0.154. The summed E-state index contributed by atoms with van der Waals surface area (Å²) < 4.78 is 41.6. The van der Waals surface area contributed by atoms with Crippen molar-refractivity contribution in [3.63, 3.8) is 0 Å². The summed E-state index contributed by atoms with van der Waals surface area (Å²) in [4.78, 5) is 26.6. The first-order valence-electron chi connectivity index (χ1n) is 11.0. The van der Waals surface area contributed by atoms with E-state index in [0.29, 0.717) is 21.5 Å². The summed E-state index contributed by atoms with van der Waals surface area (Å²) in [6.45, 7) is 2.25. The summed E-state index contributed by atoms with van der Waals surface area (Å²) in [7, 11) is -2.59. The molecule has 3 aromatic rings. The standard InChI is InChI=1S/C26H22BrNO7S2/c1-17-4-3-5-20(14-17)34-13-12-28-25(29)24(36-26(28)30)16-18-6-11-23(22(27)15-18)35-37(31,32)21-9-7-19(33-2)8-10-21/h3-11,14-16H,12-13H2,1-2H3/b24-16-. The molecule has 1 aliphatic heterocycles. The molecule has 0 aliphatic carbocycles. The molecule has 0 saturated carbocycles. The first kappa shape index (κ1) is 26.8. The van der Waals surface area contributed by atoms with E-state index in [1.54, 1.807) is 18.2 Å². The highest BCUT2D eigenvalue weighted by Gasteiger charge is 2.34. The van der Waals surface area contributed by atoms with Crippen molar-refractivity contribution < 1.29 is 31.7 Å². The molecule has 0 bridgehead atoms.